The van der Waals surface area contributed by atoms with Gasteiger partial charge in [0.25, 0.3) is 0 Å². The van der Waals surface area contributed by atoms with Gasteiger partial charge in [0.2, 0.25) is 5.91 Å². The zero-order valence-corrected chi connectivity index (χ0v) is 13.0. The molecule has 3 nitrogen and oxygen atoms in total. The Bertz CT molecular complexity index is 419. The lowest BCUT2D eigenvalue weighted by molar-refractivity contribution is -0.117. The number of rotatable bonds is 5. The van der Waals surface area contributed by atoms with E-state index in [1.54, 1.807) is 0 Å². The van der Waals surface area contributed by atoms with E-state index in [1.807, 2.05) is 25.1 Å². The van der Waals surface area contributed by atoms with Crippen LogP contribution in [0.25, 0.3) is 0 Å². The quantitative estimate of drug-likeness (QED) is 0.803. The maximum Gasteiger partial charge on any atom is 0.224 e. The van der Waals surface area contributed by atoms with Crippen LogP contribution < -0.4 is 11.1 Å². The molecule has 108 valence electrons. The lowest BCUT2D eigenvalue weighted by atomic mass is 9.90. The first-order valence-electron chi connectivity index (χ1n) is 6.60. The Morgan fingerprint density at radius 2 is 2.00 bits per heavy atom. The molecule has 0 heterocycles. The number of carbonyl (C=O) groups excluding carboxylic acids is 1. The van der Waals surface area contributed by atoms with Crippen molar-refractivity contribution < 1.29 is 4.79 Å². The molecule has 4 heteroatoms. The molecule has 0 saturated heterocycles. The molecule has 0 radical (unpaired) electrons. The van der Waals surface area contributed by atoms with Gasteiger partial charge in [0.15, 0.2) is 0 Å². The highest BCUT2D eigenvalue weighted by molar-refractivity contribution is 5.92. The molecule has 1 rings (SSSR count). The molecular weight excluding hydrogens is 260 g/mol. The standard InChI is InChI=1S/C15H24N2O.ClH/c1-5-12(10(2)3)8-15(18)17-14-9-13(16)7-6-11(14)4;/h6-7,9-10,12H,5,8,16H2,1-4H3,(H,17,18);1H. The summed E-state index contributed by atoms with van der Waals surface area (Å²) in [5.74, 6) is 1.04. The van der Waals surface area contributed by atoms with E-state index in [4.69, 9.17) is 5.73 Å². The van der Waals surface area contributed by atoms with Crippen LogP contribution in [-0.2, 0) is 4.79 Å². The average molecular weight is 285 g/mol. The number of nitrogen functional groups attached to an aromatic ring is 1. The summed E-state index contributed by atoms with van der Waals surface area (Å²) >= 11 is 0. The molecule has 1 unspecified atom stereocenters. The summed E-state index contributed by atoms with van der Waals surface area (Å²) in [7, 11) is 0. The van der Waals surface area contributed by atoms with Crippen molar-refractivity contribution in [3.63, 3.8) is 0 Å². The van der Waals surface area contributed by atoms with E-state index < -0.39 is 0 Å². The van der Waals surface area contributed by atoms with Crippen LogP contribution in [0.1, 0.15) is 39.2 Å². The third kappa shape index (κ3) is 5.52. The van der Waals surface area contributed by atoms with Crippen LogP contribution in [0.2, 0.25) is 0 Å². The average Bonchev–Trinajstić information content (AvgIpc) is 2.30. The fraction of sp³-hybridized carbons (Fsp3) is 0.533. The predicted molar refractivity (Wildman–Crippen MR) is 84.7 cm³/mol. The lowest BCUT2D eigenvalue weighted by Crippen LogP contribution is -2.19. The number of halogens is 1. The van der Waals surface area contributed by atoms with E-state index in [9.17, 15) is 4.79 Å². The molecule has 0 aromatic heterocycles. The molecule has 0 spiro atoms. The van der Waals surface area contributed by atoms with E-state index in [2.05, 4.69) is 26.1 Å². The Morgan fingerprint density at radius 3 is 2.53 bits per heavy atom. The molecule has 0 aliphatic carbocycles. The number of nitrogens with two attached hydrogens (primary N) is 1. The molecule has 1 amide bonds. The molecule has 0 aliphatic rings. The second-order valence-electron chi connectivity index (χ2n) is 5.24. The summed E-state index contributed by atoms with van der Waals surface area (Å²) in [6, 6.07) is 5.57. The van der Waals surface area contributed by atoms with Gasteiger partial charge in [-0.2, -0.15) is 0 Å². The van der Waals surface area contributed by atoms with Gasteiger partial charge in [-0.3, -0.25) is 4.79 Å². The monoisotopic (exact) mass is 284 g/mol. The van der Waals surface area contributed by atoms with Crippen molar-refractivity contribution in [2.45, 2.75) is 40.5 Å². The molecule has 0 aliphatic heterocycles. The third-order valence-corrected chi connectivity index (χ3v) is 3.45. The molecule has 1 aromatic carbocycles. The number of amides is 1. The number of carbonyl (C=O) groups is 1. The van der Waals surface area contributed by atoms with Crippen molar-refractivity contribution in [3.05, 3.63) is 23.8 Å². The first-order valence-corrected chi connectivity index (χ1v) is 6.60. The number of benzene rings is 1. The Balaban J connectivity index is 0.00000324. The number of nitrogens with one attached hydrogen (secondary N) is 1. The van der Waals surface area contributed by atoms with Crippen LogP contribution in [0.5, 0.6) is 0 Å². The van der Waals surface area contributed by atoms with Crippen LogP contribution in [0.4, 0.5) is 11.4 Å². The Hall–Kier alpha value is -1.22. The minimum atomic E-state index is 0. The smallest absolute Gasteiger partial charge is 0.224 e. The summed E-state index contributed by atoms with van der Waals surface area (Å²) in [6.45, 7) is 8.42. The highest BCUT2D eigenvalue weighted by Crippen LogP contribution is 2.22. The molecule has 0 bridgehead atoms. The molecule has 0 fully saturated rings. The van der Waals surface area contributed by atoms with Gasteiger partial charge in [-0.05, 0) is 36.5 Å². The van der Waals surface area contributed by atoms with Crippen molar-refractivity contribution in [1.29, 1.82) is 0 Å². The van der Waals surface area contributed by atoms with Crippen molar-refractivity contribution in [2.24, 2.45) is 11.8 Å². The largest absolute Gasteiger partial charge is 0.399 e. The van der Waals surface area contributed by atoms with Crippen LogP contribution in [0.3, 0.4) is 0 Å². The first kappa shape index (κ1) is 17.8. The van der Waals surface area contributed by atoms with Gasteiger partial charge < -0.3 is 11.1 Å². The minimum Gasteiger partial charge on any atom is -0.399 e. The zero-order chi connectivity index (χ0) is 13.7. The van der Waals surface area contributed by atoms with Gasteiger partial charge in [-0.1, -0.05) is 33.3 Å². The van der Waals surface area contributed by atoms with Crippen molar-refractivity contribution >= 4 is 29.7 Å². The molecular formula is C15H25ClN2O. The molecule has 3 N–H and O–H groups in total. The highest BCUT2D eigenvalue weighted by atomic mass is 35.5. The summed E-state index contributed by atoms with van der Waals surface area (Å²) in [4.78, 5) is 12.0. The molecule has 19 heavy (non-hydrogen) atoms. The normalized spacial score (nSPS) is 11.8. The van der Waals surface area contributed by atoms with Gasteiger partial charge in [0, 0.05) is 17.8 Å². The van der Waals surface area contributed by atoms with E-state index in [-0.39, 0.29) is 18.3 Å². The van der Waals surface area contributed by atoms with Crippen LogP contribution >= 0.6 is 12.4 Å². The zero-order valence-electron chi connectivity index (χ0n) is 12.2. The molecule has 1 atom stereocenters. The first-order chi connectivity index (χ1) is 8.43. The molecule has 0 saturated carbocycles. The Labute approximate surface area is 122 Å². The number of hydrogen-bond acceptors (Lipinski definition) is 2. The van der Waals surface area contributed by atoms with Crippen LogP contribution in [0.15, 0.2) is 18.2 Å². The third-order valence-electron chi connectivity index (χ3n) is 3.45. The topological polar surface area (TPSA) is 55.1 Å². The second-order valence-corrected chi connectivity index (χ2v) is 5.24. The van der Waals surface area contributed by atoms with Crippen molar-refractivity contribution in [3.8, 4) is 0 Å². The summed E-state index contributed by atoms with van der Waals surface area (Å²) in [6.07, 6.45) is 1.60. The van der Waals surface area contributed by atoms with E-state index in [1.165, 1.54) is 0 Å². The number of hydrogen-bond donors (Lipinski definition) is 2. The maximum absolute atomic E-state index is 12.0. The fourth-order valence-electron chi connectivity index (χ4n) is 2.07. The summed E-state index contributed by atoms with van der Waals surface area (Å²) < 4.78 is 0. The highest BCUT2D eigenvalue weighted by Gasteiger charge is 2.16. The summed E-state index contributed by atoms with van der Waals surface area (Å²) in [5.41, 5.74) is 8.26. The van der Waals surface area contributed by atoms with E-state index in [0.717, 1.165) is 17.7 Å². The van der Waals surface area contributed by atoms with E-state index >= 15 is 0 Å². The van der Waals surface area contributed by atoms with Gasteiger partial charge in [-0.25, -0.2) is 0 Å². The maximum atomic E-state index is 12.0. The fourth-order valence-corrected chi connectivity index (χ4v) is 2.07. The van der Waals surface area contributed by atoms with Crippen LogP contribution in [-0.4, -0.2) is 5.91 Å². The van der Waals surface area contributed by atoms with Gasteiger partial charge in [0.05, 0.1) is 0 Å². The Kier molecular flexibility index (Phi) is 7.53. The number of anilines is 2. The summed E-state index contributed by atoms with van der Waals surface area (Å²) in [5, 5.41) is 2.95. The van der Waals surface area contributed by atoms with Gasteiger partial charge >= 0.3 is 0 Å². The van der Waals surface area contributed by atoms with Crippen LogP contribution in [0, 0.1) is 18.8 Å². The second kappa shape index (κ2) is 8.05. The predicted octanol–water partition coefficient (Wildman–Crippen LogP) is 4.01. The van der Waals surface area contributed by atoms with Crippen molar-refractivity contribution in [1.82, 2.24) is 0 Å². The number of aryl methyl sites for hydroxylation is 1. The van der Waals surface area contributed by atoms with Crippen molar-refractivity contribution in [2.75, 3.05) is 11.1 Å². The van der Waals surface area contributed by atoms with Gasteiger partial charge in [-0.15, -0.1) is 12.4 Å². The SMILES string of the molecule is CCC(CC(=O)Nc1cc(N)ccc1C)C(C)C.Cl. The molecule has 1 aromatic rings. The Morgan fingerprint density at radius 1 is 1.37 bits per heavy atom. The van der Waals surface area contributed by atoms with E-state index in [0.29, 0.717) is 23.9 Å². The minimum absolute atomic E-state index is 0. The van der Waals surface area contributed by atoms with Gasteiger partial charge in [0.1, 0.15) is 0 Å². The lowest BCUT2D eigenvalue weighted by Gasteiger charge is -2.18.